The second-order valence-corrected chi connectivity index (χ2v) is 6.98. The molecule has 0 radical (unpaired) electrons. The number of carbonyl (C=O) groups is 2. The number of Topliss-reactive ketones (excluding diaryl/α,β-unsaturated/α-hetero) is 1. The molecule has 0 unspecified atom stereocenters. The number of aromatic nitrogens is 2. The molecule has 0 spiro atoms. The fourth-order valence-electron chi connectivity index (χ4n) is 3.26. The maximum Gasteiger partial charge on any atom is 0.338 e. The minimum absolute atomic E-state index is 0.0655. The van der Waals surface area contributed by atoms with Crippen LogP contribution in [0.1, 0.15) is 38.8 Å². The Hall–Kier alpha value is -3.94. The Kier molecular flexibility index (Phi) is 6.49. The van der Waals surface area contributed by atoms with Crippen LogP contribution in [0, 0.1) is 6.92 Å². The molecule has 1 heterocycles. The number of ether oxygens (including phenoxy) is 1. The fraction of sp³-hybridized carbons (Fsp3) is 0.217. The molecule has 0 aliphatic rings. The highest BCUT2D eigenvalue weighted by Crippen LogP contribution is 2.12. The summed E-state index contributed by atoms with van der Waals surface area (Å²) in [5.41, 5.74) is 6.11. The van der Waals surface area contributed by atoms with Crippen molar-refractivity contribution in [2.24, 2.45) is 0 Å². The van der Waals surface area contributed by atoms with E-state index in [4.69, 9.17) is 10.5 Å². The Morgan fingerprint density at radius 2 is 1.61 bits per heavy atom. The molecular weight excluding hydrogens is 398 g/mol. The number of nitrogens with two attached hydrogens (primary N) is 1. The molecule has 0 aliphatic carbocycles. The van der Waals surface area contributed by atoms with Gasteiger partial charge in [-0.3, -0.25) is 18.7 Å². The van der Waals surface area contributed by atoms with Crippen LogP contribution in [0.15, 0.2) is 64.2 Å². The van der Waals surface area contributed by atoms with Crippen LogP contribution in [0.2, 0.25) is 0 Å². The molecule has 0 saturated heterocycles. The van der Waals surface area contributed by atoms with E-state index in [1.165, 1.54) is 4.57 Å². The molecule has 0 aliphatic heterocycles. The molecule has 0 bridgehead atoms. The van der Waals surface area contributed by atoms with Crippen LogP contribution >= 0.6 is 0 Å². The molecule has 1 aromatic heterocycles. The van der Waals surface area contributed by atoms with E-state index in [0.29, 0.717) is 11.1 Å². The Labute approximate surface area is 178 Å². The van der Waals surface area contributed by atoms with Gasteiger partial charge in [-0.1, -0.05) is 48.5 Å². The maximum absolute atomic E-state index is 12.8. The van der Waals surface area contributed by atoms with Crippen LogP contribution in [0.25, 0.3) is 0 Å². The first-order valence-electron chi connectivity index (χ1n) is 9.78. The van der Waals surface area contributed by atoms with Gasteiger partial charge in [-0.15, -0.1) is 0 Å². The molecule has 3 aromatic rings. The summed E-state index contributed by atoms with van der Waals surface area (Å²) in [6.45, 7) is 2.86. The third kappa shape index (κ3) is 4.48. The van der Waals surface area contributed by atoms with E-state index in [9.17, 15) is 19.2 Å². The van der Waals surface area contributed by atoms with E-state index in [1.807, 2.05) is 18.2 Å². The van der Waals surface area contributed by atoms with Gasteiger partial charge in [0.15, 0.2) is 6.61 Å². The lowest BCUT2D eigenvalue weighted by Crippen LogP contribution is -2.44. The maximum atomic E-state index is 12.8. The summed E-state index contributed by atoms with van der Waals surface area (Å²) in [6.07, 6.45) is 0. The summed E-state index contributed by atoms with van der Waals surface area (Å²) < 4.78 is 7.23. The normalized spacial score (nSPS) is 10.6. The lowest BCUT2D eigenvalue weighted by atomic mass is 10.1. The lowest BCUT2D eigenvalue weighted by molar-refractivity contribution is 0.0473. The predicted molar refractivity (Wildman–Crippen MR) is 116 cm³/mol. The van der Waals surface area contributed by atoms with Gasteiger partial charge in [0.1, 0.15) is 11.4 Å². The van der Waals surface area contributed by atoms with Crippen LogP contribution in [-0.4, -0.2) is 27.5 Å². The highest BCUT2D eigenvalue weighted by atomic mass is 16.5. The van der Waals surface area contributed by atoms with E-state index in [1.54, 1.807) is 50.2 Å². The smallest absolute Gasteiger partial charge is 0.338 e. The zero-order chi connectivity index (χ0) is 22.5. The molecular formula is C23H23N3O5. The fourth-order valence-corrected chi connectivity index (χ4v) is 3.26. The molecule has 31 heavy (non-hydrogen) atoms. The number of hydrogen-bond donors (Lipinski definition) is 1. The van der Waals surface area contributed by atoms with E-state index in [0.717, 1.165) is 10.1 Å². The first kappa shape index (κ1) is 21.8. The Bertz CT molecular complexity index is 1240. The van der Waals surface area contributed by atoms with Crippen molar-refractivity contribution in [1.82, 2.24) is 9.13 Å². The van der Waals surface area contributed by atoms with Gasteiger partial charge in [-0.25, -0.2) is 9.59 Å². The molecule has 8 nitrogen and oxygen atoms in total. The third-order valence-electron chi connectivity index (χ3n) is 4.95. The van der Waals surface area contributed by atoms with Gasteiger partial charge in [0, 0.05) is 6.54 Å². The quantitative estimate of drug-likeness (QED) is 0.461. The number of benzene rings is 2. The highest BCUT2D eigenvalue weighted by molar-refractivity contribution is 6.02. The van der Waals surface area contributed by atoms with Gasteiger partial charge >= 0.3 is 11.7 Å². The standard InChI is InChI=1S/C23H23N3O5/c1-3-25-21(28)19(18(27)14-31-22(29)17-12-8-7-9-15(17)2)20(24)26(23(25)30)13-16-10-5-4-6-11-16/h4-12H,3,13-14,24H2,1-2H3. The van der Waals surface area contributed by atoms with Crippen molar-refractivity contribution in [3.8, 4) is 0 Å². The Morgan fingerprint density at radius 1 is 0.968 bits per heavy atom. The van der Waals surface area contributed by atoms with Gasteiger partial charge in [-0.2, -0.15) is 0 Å². The summed E-state index contributed by atoms with van der Waals surface area (Å²) in [6, 6.07) is 15.9. The van der Waals surface area contributed by atoms with Crippen LogP contribution in [0.5, 0.6) is 0 Å². The summed E-state index contributed by atoms with van der Waals surface area (Å²) in [7, 11) is 0. The van der Waals surface area contributed by atoms with Crippen LogP contribution in [-0.2, 0) is 17.8 Å². The van der Waals surface area contributed by atoms with E-state index >= 15 is 0 Å². The largest absolute Gasteiger partial charge is 0.454 e. The minimum Gasteiger partial charge on any atom is -0.454 e. The summed E-state index contributed by atoms with van der Waals surface area (Å²) in [5.74, 6) is -1.70. The number of anilines is 1. The van der Waals surface area contributed by atoms with Crippen molar-refractivity contribution in [1.29, 1.82) is 0 Å². The summed E-state index contributed by atoms with van der Waals surface area (Å²) >= 11 is 0. The second-order valence-electron chi connectivity index (χ2n) is 6.98. The van der Waals surface area contributed by atoms with Gasteiger partial charge in [-0.05, 0) is 31.0 Å². The molecule has 2 aromatic carbocycles. The average Bonchev–Trinajstić information content (AvgIpc) is 2.76. The van der Waals surface area contributed by atoms with Crippen molar-refractivity contribution in [3.05, 3.63) is 97.7 Å². The molecule has 0 saturated carbocycles. The first-order valence-corrected chi connectivity index (χ1v) is 9.78. The van der Waals surface area contributed by atoms with Crippen molar-refractivity contribution in [2.75, 3.05) is 12.3 Å². The lowest BCUT2D eigenvalue weighted by Gasteiger charge is -2.16. The van der Waals surface area contributed by atoms with Gasteiger partial charge in [0.05, 0.1) is 12.1 Å². The SMILES string of the molecule is CCn1c(=O)c(C(=O)COC(=O)c2ccccc2C)c(N)n(Cc2ccccc2)c1=O. The molecule has 8 heteroatoms. The second kappa shape index (κ2) is 9.25. The van der Waals surface area contributed by atoms with Crippen molar-refractivity contribution in [3.63, 3.8) is 0 Å². The van der Waals surface area contributed by atoms with Crippen molar-refractivity contribution < 1.29 is 14.3 Å². The number of carbonyl (C=O) groups excluding carboxylic acids is 2. The number of ketones is 1. The first-order chi connectivity index (χ1) is 14.8. The van der Waals surface area contributed by atoms with Crippen molar-refractivity contribution in [2.45, 2.75) is 26.9 Å². The number of nitrogen functional groups attached to an aromatic ring is 1. The number of hydrogen-bond acceptors (Lipinski definition) is 6. The summed E-state index contributed by atoms with van der Waals surface area (Å²) in [4.78, 5) is 50.6. The number of rotatable bonds is 7. The van der Waals surface area contributed by atoms with Crippen LogP contribution in [0.3, 0.4) is 0 Å². The van der Waals surface area contributed by atoms with E-state index < -0.39 is 29.6 Å². The summed E-state index contributed by atoms with van der Waals surface area (Å²) in [5, 5.41) is 0. The highest BCUT2D eigenvalue weighted by Gasteiger charge is 2.24. The van der Waals surface area contributed by atoms with Crippen LogP contribution < -0.4 is 17.0 Å². The number of aryl methyl sites for hydroxylation is 1. The zero-order valence-corrected chi connectivity index (χ0v) is 17.3. The predicted octanol–water partition coefficient (Wildman–Crippen LogP) is 2.01. The minimum atomic E-state index is -0.800. The van der Waals surface area contributed by atoms with Crippen molar-refractivity contribution >= 4 is 17.6 Å². The average molecular weight is 421 g/mol. The number of nitrogens with zero attached hydrogens (tertiary/aromatic N) is 2. The van der Waals surface area contributed by atoms with Gasteiger partial charge in [0.25, 0.3) is 5.56 Å². The molecule has 2 N–H and O–H groups in total. The topological polar surface area (TPSA) is 113 Å². The number of esters is 1. The van der Waals surface area contributed by atoms with E-state index in [2.05, 4.69) is 0 Å². The Balaban J connectivity index is 1.94. The molecule has 160 valence electrons. The molecule has 3 rings (SSSR count). The van der Waals surface area contributed by atoms with Crippen LogP contribution in [0.4, 0.5) is 5.82 Å². The third-order valence-corrected chi connectivity index (χ3v) is 4.95. The van der Waals surface area contributed by atoms with Gasteiger partial charge < -0.3 is 10.5 Å². The molecule has 0 fully saturated rings. The molecule has 0 atom stereocenters. The zero-order valence-electron chi connectivity index (χ0n) is 17.3. The van der Waals surface area contributed by atoms with E-state index in [-0.39, 0.29) is 24.5 Å². The molecule has 0 amide bonds. The van der Waals surface area contributed by atoms with Gasteiger partial charge in [0.2, 0.25) is 5.78 Å². The monoisotopic (exact) mass is 421 g/mol. The Morgan fingerprint density at radius 3 is 2.26 bits per heavy atom.